The van der Waals surface area contributed by atoms with Crippen molar-refractivity contribution >= 4 is 209 Å². The Bertz CT molecular complexity index is 9090. The summed E-state index contributed by atoms with van der Waals surface area (Å²) < 4.78 is 14.9. The molecule has 30 rings (SSSR count). The lowest BCUT2D eigenvalue weighted by Gasteiger charge is -2.21. The Balaban J connectivity index is 0.0000000874. The van der Waals surface area contributed by atoms with Gasteiger partial charge >= 0.3 is 0 Å². The van der Waals surface area contributed by atoms with E-state index in [9.17, 15) is 0 Å². The summed E-state index contributed by atoms with van der Waals surface area (Å²) in [6.45, 7) is 0. The van der Waals surface area contributed by atoms with Crippen LogP contribution < -0.4 is 0 Å². The number of thiophene rings is 1. The molecule has 588 valence electrons. The van der Waals surface area contributed by atoms with Gasteiger partial charge in [0.25, 0.3) is 0 Å². The number of nitrogens with zero attached hydrogens (tertiary/aromatic N) is 5. The summed E-state index contributed by atoms with van der Waals surface area (Å²) in [4.78, 5) is 10.5. The minimum absolute atomic E-state index is 1.21. The van der Waals surface area contributed by atoms with E-state index in [2.05, 4.69) is 441 Å². The molecule has 0 N–H and O–H groups in total. The van der Waals surface area contributed by atoms with Gasteiger partial charge in [0.2, 0.25) is 0 Å². The van der Waals surface area contributed by atoms with E-state index in [0.717, 1.165) is 0 Å². The molecular weight excluding hydrogens is 1620 g/mol. The molecule has 0 bridgehead atoms. The number of aromatic nitrogens is 5. The predicted octanol–water partition coefficient (Wildman–Crippen LogP) is 33.8. The number of rotatable bonds is 4. The normalized spacial score (nSPS) is 12.6. The van der Waals surface area contributed by atoms with E-state index in [-0.39, 0.29) is 0 Å². The van der Waals surface area contributed by atoms with Crippen molar-refractivity contribution in [3.63, 3.8) is 0 Å². The number of hydrogen-bond acceptors (Lipinski definition) is 5. The fourth-order valence-corrected chi connectivity index (χ4v) is 26.3. The quantitative estimate of drug-likeness (QED) is 0.175. The number of benzene rings is 20. The molecule has 4 aliphatic rings. The van der Waals surface area contributed by atoms with Gasteiger partial charge in [-0.05, 0) is 201 Å². The second-order valence-electron chi connectivity index (χ2n) is 32.9. The van der Waals surface area contributed by atoms with Crippen LogP contribution in [0.4, 0.5) is 0 Å². The maximum Gasteiger partial charge on any atom is 0.0682 e. The van der Waals surface area contributed by atoms with E-state index in [0.29, 0.717) is 0 Å². The van der Waals surface area contributed by atoms with Gasteiger partial charge in [0.05, 0.1) is 77.9 Å². The first-order valence-corrected chi connectivity index (χ1v) is 46.8. The SMILES string of the molecule is c1ccc2c(c1)Sc1cc(-c3ccc4ccccc4c3)cc3c4ccccc4n-2c13.c1ccc2c(c1)Sc1cc(-c3cccc4c3sc3ccccc34)cc3c4ccccc4n-2c13.c1ccc2c(c1)Sc1cc(-c3cccc4ccccc34)cc3c4ccccc4n-2c13.c1ccc2c(c1)Sc1cc(-n3c4ccccc4c4ccccc43)cc3c4ccccc4n-2c13. The van der Waals surface area contributed by atoms with E-state index >= 15 is 0 Å². The zero-order chi connectivity index (χ0) is 82.3. The zero-order valence-electron chi connectivity index (χ0n) is 67.6. The Morgan fingerprint density at radius 1 is 0.167 bits per heavy atom. The van der Waals surface area contributed by atoms with Crippen molar-refractivity contribution in [2.45, 2.75) is 39.2 Å². The van der Waals surface area contributed by atoms with Gasteiger partial charge in [0.15, 0.2) is 0 Å². The molecule has 0 radical (unpaired) electrons. The Morgan fingerprint density at radius 3 is 0.976 bits per heavy atom. The molecule has 0 saturated heterocycles. The smallest absolute Gasteiger partial charge is 0.0682 e. The molecule has 10 heterocycles. The molecule has 0 unspecified atom stereocenters. The molecule has 5 nitrogen and oxygen atoms in total. The summed E-state index contributed by atoms with van der Waals surface area (Å²) in [6, 6.07) is 153. The highest BCUT2D eigenvalue weighted by Crippen LogP contribution is 2.55. The molecule has 0 aliphatic carbocycles. The number of hydrogen-bond donors (Lipinski definition) is 0. The first-order valence-electron chi connectivity index (χ1n) is 42.7. The summed E-state index contributed by atoms with van der Waals surface area (Å²) in [5, 5.41) is 21.0. The summed E-state index contributed by atoms with van der Waals surface area (Å²) in [5.41, 5.74) is 26.9. The van der Waals surface area contributed by atoms with Gasteiger partial charge in [-0.25, -0.2) is 0 Å². The van der Waals surface area contributed by atoms with Crippen LogP contribution in [0.15, 0.2) is 458 Å². The van der Waals surface area contributed by atoms with Crippen LogP contribution in [0.2, 0.25) is 0 Å². The monoisotopic (exact) mass is 1690 g/mol. The van der Waals surface area contributed by atoms with E-state index in [1.54, 1.807) is 0 Å². The van der Waals surface area contributed by atoms with Gasteiger partial charge in [-0.15, -0.1) is 11.3 Å². The molecule has 20 aromatic carbocycles. The molecule has 10 heteroatoms. The van der Waals surface area contributed by atoms with E-state index in [1.807, 2.05) is 58.4 Å². The molecule has 126 heavy (non-hydrogen) atoms. The molecule has 26 aromatic rings. The molecule has 0 atom stereocenters. The van der Waals surface area contributed by atoms with Crippen molar-refractivity contribution in [3.8, 4) is 61.8 Å². The maximum atomic E-state index is 2.45. The van der Waals surface area contributed by atoms with Crippen LogP contribution in [-0.4, -0.2) is 22.8 Å². The lowest BCUT2D eigenvalue weighted by molar-refractivity contribution is 1.08. The van der Waals surface area contributed by atoms with Crippen molar-refractivity contribution in [2.75, 3.05) is 0 Å². The highest BCUT2D eigenvalue weighted by molar-refractivity contribution is 8.00. The minimum atomic E-state index is 1.21. The lowest BCUT2D eigenvalue weighted by atomic mass is 9.97. The fraction of sp³-hybridized carbons (Fsp3) is 0. The van der Waals surface area contributed by atoms with Gasteiger partial charge in [-0.1, -0.05) is 320 Å². The van der Waals surface area contributed by atoms with Gasteiger partial charge in [-0.2, -0.15) is 0 Å². The van der Waals surface area contributed by atoms with Crippen LogP contribution in [0.5, 0.6) is 0 Å². The largest absolute Gasteiger partial charge is 0.309 e. The van der Waals surface area contributed by atoms with E-state index in [1.165, 1.54) is 252 Å². The molecule has 0 spiro atoms. The lowest BCUT2D eigenvalue weighted by Crippen LogP contribution is -2.02. The van der Waals surface area contributed by atoms with Crippen molar-refractivity contribution in [1.29, 1.82) is 0 Å². The van der Waals surface area contributed by atoms with Gasteiger partial charge in [0.1, 0.15) is 0 Å². The first kappa shape index (κ1) is 72.0. The third-order valence-corrected chi connectivity index (χ3v) is 31.6. The van der Waals surface area contributed by atoms with E-state index < -0.39 is 0 Å². The average molecular weight is 1690 g/mol. The molecule has 4 aliphatic heterocycles. The molecule has 0 saturated carbocycles. The van der Waals surface area contributed by atoms with Crippen LogP contribution >= 0.6 is 58.4 Å². The highest BCUT2D eigenvalue weighted by atomic mass is 32.2. The Morgan fingerprint density at radius 2 is 0.492 bits per heavy atom. The van der Waals surface area contributed by atoms with Crippen LogP contribution in [0.25, 0.3) is 213 Å². The summed E-state index contributed by atoms with van der Waals surface area (Å²) in [7, 11) is 0. The summed E-state index contributed by atoms with van der Waals surface area (Å²) in [6.07, 6.45) is 0. The van der Waals surface area contributed by atoms with E-state index in [4.69, 9.17) is 0 Å². The van der Waals surface area contributed by atoms with Crippen molar-refractivity contribution in [2.24, 2.45) is 0 Å². The van der Waals surface area contributed by atoms with Gasteiger partial charge in [0, 0.05) is 119 Å². The number of para-hydroxylation sites is 10. The van der Waals surface area contributed by atoms with Crippen molar-refractivity contribution in [3.05, 3.63) is 419 Å². The predicted molar refractivity (Wildman–Crippen MR) is 538 cm³/mol. The Labute approximate surface area is 745 Å². The second kappa shape index (κ2) is 28.6. The van der Waals surface area contributed by atoms with Crippen molar-refractivity contribution in [1.82, 2.24) is 22.8 Å². The highest BCUT2D eigenvalue weighted by Gasteiger charge is 2.30. The van der Waals surface area contributed by atoms with Crippen LogP contribution in [0.1, 0.15) is 0 Å². The third-order valence-electron chi connectivity index (χ3n) is 26.0. The standard InChI is InChI=1S/C30H18N2S.C30H17NS2.2C28H17NS/c1-4-12-24-20(9-1)21-10-2-5-13-25(21)31(24)19-17-23-22-11-3-6-14-26(22)32-27-15-7-8-16-28(27)33-29(18-19)30(23)32;1-3-12-24-20(8-1)23-16-18(17-28-29(23)31(24)25-13-4-6-15-27(25)32-28)19-10-7-11-22-21-9-2-5-14-26(21)33-30(19)22;1-2-10-20-18(8-1)9-7-12-21(20)19-16-23-22-11-3-4-13-24(22)29-25-14-5-6-15-26(25)30-27(17-19)28(23)29;1-2-8-19-15-20(14-13-18(19)7-1)21-16-23-22-9-3-4-10-24(22)29-25-11-5-6-12-26(25)30-27(17-21)28(23)29/h1-18H;1-17H;2*1-17H. The topological polar surface area (TPSA) is 24.6 Å². The van der Waals surface area contributed by atoms with Crippen LogP contribution in [0, 0.1) is 0 Å². The van der Waals surface area contributed by atoms with Crippen LogP contribution in [-0.2, 0) is 0 Å². The van der Waals surface area contributed by atoms with Gasteiger partial charge < -0.3 is 22.8 Å². The summed E-state index contributed by atoms with van der Waals surface area (Å²) in [5.74, 6) is 0. The van der Waals surface area contributed by atoms with Crippen molar-refractivity contribution < 1.29 is 0 Å². The van der Waals surface area contributed by atoms with Crippen LogP contribution in [0.3, 0.4) is 0 Å². The maximum absolute atomic E-state index is 2.45. The Hall–Kier alpha value is -14.5. The minimum Gasteiger partial charge on any atom is -0.309 e. The van der Waals surface area contributed by atoms with Gasteiger partial charge in [-0.3, -0.25) is 0 Å². The second-order valence-corrected chi connectivity index (χ2v) is 38.3. The third kappa shape index (κ3) is 11.1. The molecular formula is C116H69N5S5. The molecule has 0 fully saturated rings. The molecule has 0 amide bonds. The summed E-state index contributed by atoms with van der Waals surface area (Å²) >= 11 is 9.44. The first-order chi connectivity index (χ1) is 62.5. The average Bonchev–Trinajstić information content (AvgIpc) is 1.57. The zero-order valence-corrected chi connectivity index (χ0v) is 71.7. The number of fused-ring (bicyclic) bond motifs is 28. The molecule has 6 aromatic heterocycles. The Kier molecular flexibility index (Phi) is 16.3. The fourth-order valence-electron chi connectivity index (χ4n) is 20.6.